The Balaban J connectivity index is 1.51. The van der Waals surface area contributed by atoms with E-state index < -0.39 is 0 Å². The van der Waals surface area contributed by atoms with Crippen LogP contribution in [0.3, 0.4) is 0 Å². The lowest BCUT2D eigenvalue weighted by atomic mass is 9.96. The van der Waals surface area contributed by atoms with Gasteiger partial charge in [0.15, 0.2) is 0 Å². The number of carbonyl (C=O) groups excluding carboxylic acids is 1. The summed E-state index contributed by atoms with van der Waals surface area (Å²) in [7, 11) is 0. The van der Waals surface area contributed by atoms with E-state index in [1.807, 2.05) is 50.2 Å². The Morgan fingerprint density at radius 2 is 1.71 bits per heavy atom. The first-order valence-corrected chi connectivity index (χ1v) is 11.2. The van der Waals surface area contributed by atoms with Crippen LogP contribution < -0.4 is 14.8 Å². The quantitative estimate of drug-likeness (QED) is 0.548. The molecule has 1 N–H and O–H groups in total. The average Bonchev–Trinajstić information content (AvgIpc) is 3.20. The summed E-state index contributed by atoms with van der Waals surface area (Å²) < 4.78 is 11.4. The molecular weight excluding hydrogens is 388 g/mol. The maximum Gasteiger partial charge on any atom is 0.259 e. The molecule has 5 heteroatoms. The molecule has 2 aromatic carbocycles. The van der Waals surface area contributed by atoms with E-state index in [-0.39, 0.29) is 11.9 Å². The van der Waals surface area contributed by atoms with Crippen molar-refractivity contribution in [2.45, 2.75) is 45.6 Å². The normalized spacial score (nSPS) is 18.1. The molecule has 0 aliphatic heterocycles. The van der Waals surface area contributed by atoms with Crippen LogP contribution in [0, 0.1) is 5.92 Å². The number of pyridine rings is 1. The van der Waals surface area contributed by atoms with Gasteiger partial charge in [-0.25, -0.2) is 0 Å². The number of rotatable bonds is 8. The summed E-state index contributed by atoms with van der Waals surface area (Å²) in [5.41, 5.74) is 2.58. The Morgan fingerprint density at radius 1 is 0.968 bits per heavy atom. The minimum Gasteiger partial charge on any atom is -0.493 e. The molecule has 1 saturated carbocycles. The third-order valence-electron chi connectivity index (χ3n) is 5.92. The first-order valence-electron chi connectivity index (χ1n) is 11.2. The number of para-hydroxylation sites is 1. The highest BCUT2D eigenvalue weighted by Gasteiger charge is 2.31. The second-order valence-electron chi connectivity index (χ2n) is 7.97. The number of aromatic nitrogens is 1. The van der Waals surface area contributed by atoms with Crippen LogP contribution in [-0.4, -0.2) is 30.1 Å². The number of fused-ring (bicyclic) bond motifs is 1. The second-order valence-corrected chi connectivity index (χ2v) is 7.97. The first-order chi connectivity index (χ1) is 15.2. The molecule has 162 valence electrons. The van der Waals surface area contributed by atoms with Gasteiger partial charge in [-0.3, -0.25) is 9.78 Å². The molecule has 1 aliphatic rings. The molecule has 1 aromatic heterocycles. The van der Waals surface area contributed by atoms with Crippen LogP contribution in [0.2, 0.25) is 0 Å². The topological polar surface area (TPSA) is 60.5 Å². The van der Waals surface area contributed by atoms with Crippen LogP contribution in [0.25, 0.3) is 10.9 Å². The molecule has 1 fully saturated rings. The van der Waals surface area contributed by atoms with Gasteiger partial charge in [0.25, 0.3) is 5.91 Å². The van der Waals surface area contributed by atoms with Crippen molar-refractivity contribution in [3.05, 3.63) is 65.9 Å². The fraction of sp³-hybridized carbons (Fsp3) is 0.385. The summed E-state index contributed by atoms with van der Waals surface area (Å²) >= 11 is 0. The van der Waals surface area contributed by atoms with Gasteiger partial charge in [-0.05, 0) is 63.3 Å². The van der Waals surface area contributed by atoms with Crippen molar-refractivity contribution in [3.63, 3.8) is 0 Å². The summed E-state index contributed by atoms with van der Waals surface area (Å²) in [6.07, 6.45) is 4.03. The van der Waals surface area contributed by atoms with E-state index in [0.29, 0.717) is 36.2 Å². The maximum atomic E-state index is 13.3. The Hall–Kier alpha value is -3.08. The predicted molar refractivity (Wildman–Crippen MR) is 123 cm³/mol. The third-order valence-corrected chi connectivity index (χ3v) is 5.92. The van der Waals surface area contributed by atoms with Crippen LogP contribution in [0.1, 0.15) is 49.2 Å². The van der Waals surface area contributed by atoms with E-state index in [1.165, 1.54) is 0 Å². The van der Waals surface area contributed by atoms with Crippen molar-refractivity contribution < 1.29 is 14.3 Å². The average molecular weight is 419 g/mol. The molecule has 0 saturated heterocycles. The smallest absolute Gasteiger partial charge is 0.259 e. The molecule has 5 nitrogen and oxygen atoms in total. The molecule has 2 atom stereocenters. The van der Waals surface area contributed by atoms with Gasteiger partial charge in [-0.2, -0.15) is 0 Å². The number of hydrogen-bond acceptors (Lipinski definition) is 4. The van der Waals surface area contributed by atoms with Crippen LogP contribution in [0.4, 0.5) is 0 Å². The molecule has 31 heavy (non-hydrogen) atoms. The first kappa shape index (κ1) is 21.2. The minimum atomic E-state index is -0.129. The zero-order valence-corrected chi connectivity index (χ0v) is 18.3. The molecule has 0 radical (unpaired) electrons. The summed E-state index contributed by atoms with van der Waals surface area (Å²) in [5.74, 6) is 1.37. The van der Waals surface area contributed by atoms with Crippen LogP contribution >= 0.6 is 0 Å². The molecule has 0 bridgehead atoms. The Labute approximate surface area is 183 Å². The van der Waals surface area contributed by atoms with Gasteiger partial charge in [0, 0.05) is 17.1 Å². The summed E-state index contributed by atoms with van der Waals surface area (Å²) in [4.78, 5) is 18.1. The van der Waals surface area contributed by atoms with E-state index in [1.54, 1.807) is 0 Å². The number of ether oxygens (including phenoxy) is 2. The van der Waals surface area contributed by atoms with Crippen molar-refractivity contribution >= 4 is 16.8 Å². The molecule has 0 spiro atoms. The second kappa shape index (κ2) is 9.82. The van der Waals surface area contributed by atoms with Gasteiger partial charge in [-0.15, -0.1) is 0 Å². The maximum absolute atomic E-state index is 13.3. The molecule has 1 heterocycles. The Bertz CT molecular complexity index is 1030. The van der Waals surface area contributed by atoms with Crippen LogP contribution in [0.15, 0.2) is 54.6 Å². The minimum absolute atomic E-state index is 0.116. The highest BCUT2D eigenvalue weighted by molar-refractivity contribution is 6.00. The van der Waals surface area contributed by atoms with E-state index in [4.69, 9.17) is 14.5 Å². The molecule has 4 rings (SSSR count). The SMILES string of the molecule is CCOc1cccc(OCC)c1C(=O)N[C@@H]1CCC[C@@H]1Cc1ccc2ccccc2n1. The lowest BCUT2D eigenvalue weighted by molar-refractivity contribution is 0.0919. The number of nitrogens with zero attached hydrogens (tertiary/aromatic N) is 1. The number of amides is 1. The molecular formula is C26H30N2O3. The van der Waals surface area contributed by atoms with Gasteiger partial charge >= 0.3 is 0 Å². The van der Waals surface area contributed by atoms with Gasteiger partial charge in [0.1, 0.15) is 17.1 Å². The van der Waals surface area contributed by atoms with Crippen molar-refractivity contribution in [3.8, 4) is 11.5 Å². The largest absolute Gasteiger partial charge is 0.493 e. The van der Waals surface area contributed by atoms with Crippen LogP contribution in [-0.2, 0) is 6.42 Å². The molecule has 1 aliphatic carbocycles. The molecule has 3 aromatic rings. The number of carbonyl (C=O) groups is 1. The number of nitrogens with one attached hydrogen (secondary N) is 1. The van der Waals surface area contributed by atoms with E-state index in [0.717, 1.165) is 42.3 Å². The predicted octanol–water partition coefficient (Wildman–Crippen LogP) is 5.17. The third kappa shape index (κ3) is 4.82. The van der Waals surface area contributed by atoms with E-state index >= 15 is 0 Å². The van der Waals surface area contributed by atoms with Gasteiger partial charge in [-0.1, -0.05) is 36.8 Å². The summed E-state index contributed by atoms with van der Waals surface area (Å²) in [6.45, 7) is 4.82. The fourth-order valence-electron chi connectivity index (χ4n) is 4.49. The molecule has 0 unspecified atom stereocenters. The van der Waals surface area contributed by atoms with E-state index in [2.05, 4.69) is 23.5 Å². The monoisotopic (exact) mass is 418 g/mol. The Kier molecular flexibility index (Phi) is 6.70. The van der Waals surface area contributed by atoms with Gasteiger partial charge < -0.3 is 14.8 Å². The van der Waals surface area contributed by atoms with Crippen molar-refractivity contribution in [1.82, 2.24) is 10.3 Å². The van der Waals surface area contributed by atoms with Gasteiger partial charge in [0.05, 0.1) is 18.7 Å². The summed E-state index contributed by atoms with van der Waals surface area (Å²) in [6, 6.07) is 18.0. The standard InChI is InChI=1S/C26H30N2O3/c1-3-30-23-13-8-14-24(31-4-2)25(23)26(29)28-22-12-7-10-19(22)17-20-16-15-18-9-5-6-11-21(18)27-20/h5-6,8-9,11,13-16,19,22H,3-4,7,10,12,17H2,1-2H3,(H,28,29)/t19-,22-/m1/s1. The highest BCUT2D eigenvalue weighted by atomic mass is 16.5. The number of benzene rings is 2. The summed E-state index contributed by atoms with van der Waals surface area (Å²) in [5, 5.41) is 4.42. The van der Waals surface area contributed by atoms with Crippen molar-refractivity contribution in [2.24, 2.45) is 5.92 Å². The van der Waals surface area contributed by atoms with Crippen LogP contribution in [0.5, 0.6) is 11.5 Å². The van der Waals surface area contributed by atoms with Crippen molar-refractivity contribution in [2.75, 3.05) is 13.2 Å². The lowest BCUT2D eigenvalue weighted by Crippen LogP contribution is -2.38. The fourth-order valence-corrected chi connectivity index (χ4v) is 4.49. The Morgan fingerprint density at radius 3 is 2.45 bits per heavy atom. The molecule has 1 amide bonds. The lowest BCUT2D eigenvalue weighted by Gasteiger charge is -2.22. The van der Waals surface area contributed by atoms with Gasteiger partial charge in [0.2, 0.25) is 0 Å². The number of hydrogen-bond donors (Lipinski definition) is 1. The van der Waals surface area contributed by atoms with E-state index in [9.17, 15) is 4.79 Å². The highest BCUT2D eigenvalue weighted by Crippen LogP contribution is 2.32. The zero-order chi connectivity index (χ0) is 21.6. The zero-order valence-electron chi connectivity index (χ0n) is 18.3. The van der Waals surface area contributed by atoms with Crippen molar-refractivity contribution in [1.29, 1.82) is 0 Å².